The maximum atomic E-state index is 13.4. The van der Waals surface area contributed by atoms with Crippen molar-refractivity contribution in [1.82, 2.24) is 4.90 Å². The molecule has 1 fully saturated rings. The molecule has 1 aliphatic heterocycles. The van der Waals surface area contributed by atoms with Gasteiger partial charge in [-0.2, -0.15) is 0 Å². The molecule has 0 aromatic heterocycles. The third-order valence-electron chi connectivity index (χ3n) is 3.42. The number of hydrogen-bond donors (Lipinski definition) is 2. The summed E-state index contributed by atoms with van der Waals surface area (Å²) in [6, 6.07) is 3.10. The third kappa shape index (κ3) is 3.58. The summed E-state index contributed by atoms with van der Waals surface area (Å²) >= 11 is 3.20. The van der Waals surface area contributed by atoms with Gasteiger partial charge in [0.2, 0.25) is 0 Å². The molecule has 1 heterocycles. The van der Waals surface area contributed by atoms with E-state index in [1.54, 1.807) is 6.07 Å². The fourth-order valence-corrected chi connectivity index (χ4v) is 2.73. The minimum atomic E-state index is -0.335. The van der Waals surface area contributed by atoms with E-state index in [0.717, 1.165) is 38.3 Å². The Morgan fingerprint density at radius 3 is 2.79 bits per heavy atom. The summed E-state index contributed by atoms with van der Waals surface area (Å²) in [4.78, 5) is 4.41. The number of nitrogens with zero attached hydrogens (tertiary/aromatic N) is 2. The van der Waals surface area contributed by atoms with E-state index in [2.05, 4.69) is 25.7 Å². The standard InChI is InChI=1S/C13H19BrFN3O/c14-10-8-13(12(16)9-11(10)15)18-3-1-2-17(4-5-18)6-7-19/h8-9,19H,1-7,16H2. The van der Waals surface area contributed by atoms with E-state index in [0.29, 0.717) is 16.7 Å². The molecule has 0 atom stereocenters. The van der Waals surface area contributed by atoms with Gasteiger partial charge in [-0.1, -0.05) is 0 Å². The monoisotopic (exact) mass is 331 g/mol. The molecule has 0 aliphatic carbocycles. The Morgan fingerprint density at radius 1 is 1.26 bits per heavy atom. The Kier molecular flexibility index (Phi) is 5.01. The molecule has 1 aliphatic rings. The Bertz CT molecular complexity index is 444. The molecule has 0 saturated carbocycles. The van der Waals surface area contributed by atoms with Crippen molar-refractivity contribution in [2.75, 3.05) is 50.0 Å². The summed E-state index contributed by atoms with van der Waals surface area (Å²) in [5.74, 6) is -0.335. The van der Waals surface area contributed by atoms with Gasteiger partial charge in [-0.05, 0) is 35.0 Å². The lowest BCUT2D eigenvalue weighted by molar-refractivity contribution is 0.204. The van der Waals surface area contributed by atoms with E-state index in [1.165, 1.54) is 6.07 Å². The van der Waals surface area contributed by atoms with Crippen LogP contribution in [-0.2, 0) is 0 Å². The molecular weight excluding hydrogens is 313 g/mol. The largest absolute Gasteiger partial charge is 0.397 e. The number of nitrogens with two attached hydrogens (primary N) is 1. The van der Waals surface area contributed by atoms with Crippen LogP contribution in [-0.4, -0.2) is 49.3 Å². The van der Waals surface area contributed by atoms with E-state index >= 15 is 0 Å². The quantitative estimate of drug-likeness (QED) is 0.827. The Labute approximate surface area is 121 Å². The number of anilines is 2. The second-order valence-corrected chi connectivity index (χ2v) is 5.59. The predicted molar refractivity (Wildman–Crippen MR) is 78.9 cm³/mol. The second kappa shape index (κ2) is 6.54. The first-order valence-electron chi connectivity index (χ1n) is 6.44. The number of rotatable bonds is 3. The van der Waals surface area contributed by atoms with Crippen molar-refractivity contribution in [3.63, 3.8) is 0 Å². The van der Waals surface area contributed by atoms with Gasteiger partial charge in [0, 0.05) is 32.2 Å². The number of hydrogen-bond acceptors (Lipinski definition) is 4. The SMILES string of the molecule is Nc1cc(F)c(Br)cc1N1CCCN(CCO)CC1. The van der Waals surface area contributed by atoms with E-state index < -0.39 is 0 Å². The number of aliphatic hydroxyl groups excluding tert-OH is 1. The van der Waals surface area contributed by atoms with Gasteiger partial charge in [0.05, 0.1) is 22.5 Å². The van der Waals surface area contributed by atoms with Crippen molar-refractivity contribution in [3.8, 4) is 0 Å². The van der Waals surface area contributed by atoms with Gasteiger partial charge < -0.3 is 15.7 Å². The van der Waals surface area contributed by atoms with E-state index in [-0.39, 0.29) is 12.4 Å². The highest BCUT2D eigenvalue weighted by atomic mass is 79.9. The molecule has 0 bridgehead atoms. The number of benzene rings is 1. The van der Waals surface area contributed by atoms with Gasteiger partial charge in [0.25, 0.3) is 0 Å². The van der Waals surface area contributed by atoms with Gasteiger partial charge in [-0.15, -0.1) is 0 Å². The number of aliphatic hydroxyl groups is 1. The lowest BCUT2D eigenvalue weighted by Crippen LogP contribution is -2.32. The molecule has 0 spiro atoms. The third-order valence-corrected chi connectivity index (χ3v) is 4.02. The minimum absolute atomic E-state index is 0.185. The van der Waals surface area contributed by atoms with Gasteiger partial charge in [0.1, 0.15) is 5.82 Å². The second-order valence-electron chi connectivity index (χ2n) is 4.73. The molecule has 1 aromatic rings. The molecule has 1 aromatic carbocycles. The van der Waals surface area contributed by atoms with Crippen LogP contribution in [0.15, 0.2) is 16.6 Å². The van der Waals surface area contributed by atoms with Crippen LogP contribution in [0.25, 0.3) is 0 Å². The minimum Gasteiger partial charge on any atom is -0.397 e. The molecule has 1 saturated heterocycles. The van der Waals surface area contributed by atoms with Crippen molar-refractivity contribution in [2.45, 2.75) is 6.42 Å². The fraction of sp³-hybridized carbons (Fsp3) is 0.538. The maximum absolute atomic E-state index is 13.4. The average Bonchev–Trinajstić information content (AvgIpc) is 2.60. The Morgan fingerprint density at radius 2 is 2.05 bits per heavy atom. The predicted octanol–water partition coefficient (Wildman–Crippen LogP) is 1.67. The van der Waals surface area contributed by atoms with E-state index in [9.17, 15) is 4.39 Å². The fourth-order valence-electron chi connectivity index (χ4n) is 2.40. The zero-order valence-corrected chi connectivity index (χ0v) is 12.4. The number of halogens is 2. The van der Waals surface area contributed by atoms with E-state index in [4.69, 9.17) is 10.8 Å². The highest BCUT2D eigenvalue weighted by Gasteiger charge is 2.17. The molecule has 3 N–H and O–H groups in total. The van der Waals surface area contributed by atoms with Gasteiger partial charge in [-0.25, -0.2) is 4.39 Å². The van der Waals surface area contributed by atoms with Crippen molar-refractivity contribution in [2.24, 2.45) is 0 Å². The van der Waals surface area contributed by atoms with Crippen LogP contribution in [0, 0.1) is 5.82 Å². The van der Waals surface area contributed by atoms with Crippen LogP contribution in [0.5, 0.6) is 0 Å². The highest BCUT2D eigenvalue weighted by molar-refractivity contribution is 9.10. The first-order chi connectivity index (χ1) is 9.11. The average molecular weight is 332 g/mol. The Balaban J connectivity index is 2.12. The maximum Gasteiger partial charge on any atom is 0.139 e. The van der Waals surface area contributed by atoms with Crippen molar-refractivity contribution in [1.29, 1.82) is 0 Å². The zero-order chi connectivity index (χ0) is 13.8. The summed E-state index contributed by atoms with van der Waals surface area (Å²) in [7, 11) is 0. The van der Waals surface area contributed by atoms with Gasteiger partial charge >= 0.3 is 0 Å². The zero-order valence-electron chi connectivity index (χ0n) is 10.8. The molecule has 19 heavy (non-hydrogen) atoms. The lowest BCUT2D eigenvalue weighted by Gasteiger charge is -2.25. The Hall–Kier alpha value is -0.850. The smallest absolute Gasteiger partial charge is 0.139 e. The molecule has 0 amide bonds. The first-order valence-corrected chi connectivity index (χ1v) is 7.24. The summed E-state index contributed by atoms with van der Waals surface area (Å²) < 4.78 is 13.8. The molecule has 2 rings (SSSR count). The summed E-state index contributed by atoms with van der Waals surface area (Å²) in [6.07, 6.45) is 1.01. The molecule has 6 heteroatoms. The van der Waals surface area contributed by atoms with Crippen molar-refractivity contribution in [3.05, 3.63) is 22.4 Å². The summed E-state index contributed by atoms with van der Waals surface area (Å²) in [5.41, 5.74) is 7.25. The number of nitrogen functional groups attached to an aromatic ring is 1. The molecule has 0 unspecified atom stereocenters. The number of β-amino-alcohol motifs (C(OH)–C–C–N with tert-alkyl or cyclic N) is 1. The van der Waals surface area contributed by atoms with Crippen LogP contribution in [0.1, 0.15) is 6.42 Å². The van der Waals surface area contributed by atoms with E-state index in [1.807, 2.05) is 0 Å². The topological polar surface area (TPSA) is 52.7 Å². The van der Waals surface area contributed by atoms with Crippen LogP contribution in [0.3, 0.4) is 0 Å². The summed E-state index contributed by atoms with van der Waals surface area (Å²) in [5, 5.41) is 8.98. The van der Waals surface area contributed by atoms with Crippen LogP contribution in [0.2, 0.25) is 0 Å². The van der Waals surface area contributed by atoms with Crippen LogP contribution in [0.4, 0.5) is 15.8 Å². The van der Waals surface area contributed by atoms with Crippen molar-refractivity contribution >= 4 is 27.3 Å². The lowest BCUT2D eigenvalue weighted by atomic mass is 10.2. The molecule has 0 radical (unpaired) electrons. The molecular formula is C13H19BrFN3O. The van der Waals surface area contributed by atoms with Crippen LogP contribution >= 0.6 is 15.9 Å². The summed E-state index contributed by atoms with van der Waals surface area (Å²) in [6.45, 7) is 4.47. The normalized spacial score (nSPS) is 17.5. The van der Waals surface area contributed by atoms with Gasteiger partial charge in [-0.3, -0.25) is 4.90 Å². The molecule has 4 nitrogen and oxygen atoms in total. The first kappa shape index (κ1) is 14.6. The van der Waals surface area contributed by atoms with Crippen molar-refractivity contribution < 1.29 is 9.50 Å². The van der Waals surface area contributed by atoms with Gasteiger partial charge in [0.15, 0.2) is 0 Å². The highest BCUT2D eigenvalue weighted by Crippen LogP contribution is 2.30. The van der Waals surface area contributed by atoms with Crippen LogP contribution < -0.4 is 10.6 Å². The molecule has 106 valence electrons.